The van der Waals surface area contributed by atoms with Crippen LogP contribution < -0.4 is 0 Å². The summed E-state index contributed by atoms with van der Waals surface area (Å²) in [5.41, 5.74) is 0.943. The lowest BCUT2D eigenvalue weighted by Gasteiger charge is -2.27. The lowest BCUT2D eigenvalue weighted by Crippen LogP contribution is -2.35. The highest BCUT2D eigenvalue weighted by atomic mass is 16.1. The number of carbonyl (C=O) groups excluding carboxylic acids is 1. The van der Waals surface area contributed by atoms with Crippen molar-refractivity contribution in [3.63, 3.8) is 0 Å². The summed E-state index contributed by atoms with van der Waals surface area (Å²) < 4.78 is 0. The molecule has 0 aromatic carbocycles. The highest BCUT2D eigenvalue weighted by Crippen LogP contribution is 2.18. The first-order valence-corrected chi connectivity index (χ1v) is 5.50. The number of aromatic nitrogens is 1. The highest BCUT2D eigenvalue weighted by molar-refractivity contribution is 5.81. The normalized spacial score (nSPS) is 11.8. The smallest absolute Gasteiger partial charge is 0.136 e. The minimum atomic E-state index is -0.276. The van der Waals surface area contributed by atoms with E-state index in [-0.39, 0.29) is 11.2 Å². The zero-order chi connectivity index (χ0) is 12.2. The number of hydrogen-bond donors (Lipinski definition) is 0. The van der Waals surface area contributed by atoms with Crippen molar-refractivity contribution in [3.05, 3.63) is 30.1 Å². The zero-order valence-corrected chi connectivity index (χ0v) is 10.5. The molecule has 0 fully saturated rings. The van der Waals surface area contributed by atoms with Gasteiger partial charge in [-0.1, -0.05) is 13.8 Å². The van der Waals surface area contributed by atoms with E-state index < -0.39 is 0 Å². The Kier molecular flexibility index (Phi) is 4.19. The molecule has 3 nitrogen and oxygen atoms in total. The van der Waals surface area contributed by atoms with E-state index in [0.29, 0.717) is 0 Å². The summed E-state index contributed by atoms with van der Waals surface area (Å²) >= 11 is 0. The third kappa shape index (κ3) is 3.74. The van der Waals surface area contributed by atoms with Crippen LogP contribution in [-0.4, -0.2) is 29.3 Å². The third-order valence-corrected chi connectivity index (χ3v) is 2.82. The van der Waals surface area contributed by atoms with Gasteiger partial charge in [-0.15, -0.1) is 0 Å². The van der Waals surface area contributed by atoms with E-state index >= 15 is 0 Å². The van der Waals surface area contributed by atoms with Crippen LogP contribution >= 0.6 is 0 Å². The average Bonchev–Trinajstić information content (AvgIpc) is 2.17. The van der Waals surface area contributed by atoms with Crippen LogP contribution in [0.25, 0.3) is 0 Å². The monoisotopic (exact) mass is 220 g/mol. The largest absolute Gasteiger partial charge is 0.301 e. The van der Waals surface area contributed by atoms with Crippen LogP contribution in [0, 0.1) is 5.41 Å². The molecule has 0 unspecified atom stereocenters. The van der Waals surface area contributed by atoms with Gasteiger partial charge < -0.3 is 4.90 Å². The van der Waals surface area contributed by atoms with E-state index in [0.717, 1.165) is 13.1 Å². The standard InChI is InChI=1S/C13H20N2O/c1-11(16)13(2,3)10-15(4)9-12-5-7-14-8-6-12/h5-8H,9-10H2,1-4H3. The van der Waals surface area contributed by atoms with E-state index in [1.54, 1.807) is 19.3 Å². The van der Waals surface area contributed by atoms with Gasteiger partial charge in [0.1, 0.15) is 5.78 Å². The predicted octanol–water partition coefficient (Wildman–Crippen LogP) is 2.13. The summed E-state index contributed by atoms with van der Waals surface area (Å²) in [7, 11) is 2.03. The average molecular weight is 220 g/mol. The van der Waals surface area contributed by atoms with Gasteiger partial charge in [-0.3, -0.25) is 9.78 Å². The third-order valence-electron chi connectivity index (χ3n) is 2.82. The Hall–Kier alpha value is -1.22. The minimum absolute atomic E-state index is 0.231. The van der Waals surface area contributed by atoms with Gasteiger partial charge in [-0.2, -0.15) is 0 Å². The summed E-state index contributed by atoms with van der Waals surface area (Å²) in [5.74, 6) is 0.231. The van der Waals surface area contributed by atoms with E-state index in [1.165, 1.54) is 5.56 Å². The maximum absolute atomic E-state index is 11.4. The molecule has 1 rings (SSSR count). The lowest BCUT2D eigenvalue weighted by molar-refractivity contribution is -0.125. The molecular weight excluding hydrogens is 200 g/mol. The molecule has 16 heavy (non-hydrogen) atoms. The van der Waals surface area contributed by atoms with E-state index in [2.05, 4.69) is 9.88 Å². The Morgan fingerprint density at radius 2 is 1.94 bits per heavy atom. The Morgan fingerprint density at radius 3 is 2.44 bits per heavy atom. The van der Waals surface area contributed by atoms with Gasteiger partial charge in [0.2, 0.25) is 0 Å². The Labute approximate surface area is 97.5 Å². The zero-order valence-electron chi connectivity index (χ0n) is 10.5. The van der Waals surface area contributed by atoms with Crippen molar-refractivity contribution in [1.29, 1.82) is 0 Å². The van der Waals surface area contributed by atoms with Crippen LogP contribution in [0.5, 0.6) is 0 Å². The van der Waals surface area contributed by atoms with Crippen molar-refractivity contribution in [2.45, 2.75) is 27.3 Å². The Bertz CT molecular complexity index is 346. The maximum atomic E-state index is 11.4. The summed E-state index contributed by atoms with van der Waals surface area (Å²) in [6.07, 6.45) is 3.58. The van der Waals surface area contributed by atoms with Crippen LogP contribution in [0.15, 0.2) is 24.5 Å². The predicted molar refractivity (Wildman–Crippen MR) is 65.0 cm³/mol. The summed E-state index contributed by atoms with van der Waals surface area (Å²) in [5, 5.41) is 0. The molecule has 0 bridgehead atoms. The number of pyridine rings is 1. The molecule has 3 heteroatoms. The second kappa shape index (κ2) is 5.21. The first-order chi connectivity index (χ1) is 7.42. The molecule has 0 amide bonds. The molecule has 0 saturated heterocycles. The van der Waals surface area contributed by atoms with E-state index in [1.807, 2.05) is 33.0 Å². The molecule has 0 saturated carbocycles. The number of hydrogen-bond acceptors (Lipinski definition) is 3. The molecule has 0 aliphatic carbocycles. The summed E-state index contributed by atoms with van der Waals surface area (Å²) in [6, 6.07) is 3.99. The summed E-state index contributed by atoms with van der Waals surface area (Å²) in [6.45, 7) is 7.24. The number of Topliss-reactive ketones (excluding diaryl/α,β-unsaturated/α-hetero) is 1. The van der Waals surface area contributed by atoms with Crippen molar-refractivity contribution >= 4 is 5.78 Å². The van der Waals surface area contributed by atoms with E-state index in [9.17, 15) is 4.79 Å². The quantitative estimate of drug-likeness (QED) is 0.762. The minimum Gasteiger partial charge on any atom is -0.301 e. The van der Waals surface area contributed by atoms with Crippen molar-refractivity contribution in [3.8, 4) is 0 Å². The molecule has 0 spiro atoms. The molecule has 1 aromatic rings. The van der Waals surface area contributed by atoms with Gasteiger partial charge in [0.05, 0.1) is 0 Å². The topological polar surface area (TPSA) is 33.2 Å². The number of ketones is 1. The van der Waals surface area contributed by atoms with Gasteiger partial charge in [0.15, 0.2) is 0 Å². The second-order valence-corrected chi connectivity index (χ2v) is 4.97. The van der Waals surface area contributed by atoms with Crippen LogP contribution in [0.2, 0.25) is 0 Å². The number of carbonyl (C=O) groups is 1. The Balaban J connectivity index is 2.54. The SMILES string of the molecule is CC(=O)C(C)(C)CN(C)Cc1ccncc1. The van der Waals surface area contributed by atoms with Gasteiger partial charge >= 0.3 is 0 Å². The fourth-order valence-electron chi connectivity index (χ4n) is 1.64. The maximum Gasteiger partial charge on any atom is 0.136 e. The van der Waals surface area contributed by atoms with Crippen LogP contribution in [0.3, 0.4) is 0 Å². The van der Waals surface area contributed by atoms with Crippen molar-refractivity contribution in [1.82, 2.24) is 9.88 Å². The van der Waals surface area contributed by atoms with Gasteiger partial charge in [0, 0.05) is 30.9 Å². The van der Waals surface area contributed by atoms with Crippen molar-refractivity contribution in [2.75, 3.05) is 13.6 Å². The number of nitrogens with zero attached hydrogens (tertiary/aromatic N) is 2. The van der Waals surface area contributed by atoms with Crippen molar-refractivity contribution in [2.24, 2.45) is 5.41 Å². The first kappa shape index (κ1) is 12.8. The van der Waals surface area contributed by atoms with Crippen LogP contribution in [-0.2, 0) is 11.3 Å². The van der Waals surface area contributed by atoms with E-state index in [4.69, 9.17) is 0 Å². The fraction of sp³-hybridized carbons (Fsp3) is 0.538. The van der Waals surface area contributed by atoms with Gasteiger partial charge in [-0.25, -0.2) is 0 Å². The fourth-order valence-corrected chi connectivity index (χ4v) is 1.64. The molecule has 0 N–H and O–H groups in total. The highest BCUT2D eigenvalue weighted by Gasteiger charge is 2.25. The molecule has 0 atom stereocenters. The first-order valence-electron chi connectivity index (χ1n) is 5.50. The molecule has 0 aliphatic rings. The lowest BCUT2D eigenvalue weighted by atomic mass is 9.88. The van der Waals surface area contributed by atoms with Crippen LogP contribution in [0.4, 0.5) is 0 Å². The van der Waals surface area contributed by atoms with Gasteiger partial charge in [0.25, 0.3) is 0 Å². The number of rotatable bonds is 5. The molecule has 88 valence electrons. The second-order valence-electron chi connectivity index (χ2n) is 4.97. The molecule has 0 radical (unpaired) electrons. The van der Waals surface area contributed by atoms with Crippen molar-refractivity contribution < 1.29 is 4.79 Å². The molecular formula is C13H20N2O. The van der Waals surface area contributed by atoms with Crippen LogP contribution in [0.1, 0.15) is 26.3 Å². The summed E-state index contributed by atoms with van der Waals surface area (Å²) in [4.78, 5) is 17.6. The molecule has 1 heterocycles. The Morgan fingerprint density at radius 1 is 1.38 bits per heavy atom. The molecule has 0 aliphatic heterocycles. The molecule has 1 aromatic heterocycles. The van der Waals surface area contributed by atoms with Gasteiger partial charge in [-0.05, 0) is 31.7 Å².